The Bertz CT molecular complexity index is 1370. The Morgan fingerprint density at radius 2 is 1.21 bits per heavy atom. The fourth-order valence-corrected chi connectivity index (χ4v) is 5.03. The molecule has 0 radical (unpaired) electrons. The highest BCUT2D eigenvalue weighted by Crippen LogP contribution is 2.53. The highest BCUT2D eigenvalue weighted by atomic mass is 16.5. The Morgan fingerprint density at radius 3 is 1.64 bits per heavy atom. The summed E-state index contributed by atoms with van der Waals surface area (Å²) in [6.45, 7) is -0.451. The lowest BCUT2D eigenvalue weighted by molar-refractivity contribution is -0.140. The van der Waals surface area contributed by atoms with E-state index in [4.69, 9.17) is 28.4 Å². The van der Waals surface area contributed by atoms with Crippen molar-refractivity contribution in [1.29, 1.82) is 0 Å². The van der Waals surface area contributed by atoms with Crippen molar-refractivity contribution in [3.8, 4) is 40.2 Å². The number of methoxy groups -OCH3 is 4. The molecule has 4 unspecified atom stereocenters. The molecule has 4 rings (SSSR count). The van der Waals surface area contributed by atoms with Gasteiger partial charge in [-0.3, -0.25) is 0 Å². The number of aliphatic hydroxyl groups is 1. The number of carbonyl (C=O) groups is 1. The number of aliphatic hydroxyl groups excluding tert-OH is 1. The molecule has 4 atom stereocenters. The van der Waals surface area contributed by atoms with Gasteiger partial charge in [0.05, 0.1) is 47.3 Å². The van der Waals surface area contributed by atoms with Crippen molar-refractivity contribution in [3.63, 3.8) is 0 Å². The molecule has 42 heavy (non-hydrogen) atoms. The van der Waals surface area contributed by atoms with Crippen LogP contribution in [-0.2, 0) is 14.3 Å². The Hall–Kier alpha value is -4.61. The monoisotopic (exact) mass is 582 g/mol. The average molecular weight is 583 g/mol. The van der Waals surface area contributed by atoms with Crippen molar-refractivity contribution in [2.45, 2.75) is 12.2 Å². The van der Waals surface area contributed by atoms with Crippen LogP contribution in [0.4, 0.5) is 0 Å². The summed E-state index contributed by atoms with van der Waals surface area (Å²) < 4.78 is 33.4. The van der Waals surface area contributed by atoms with E-state index >= 15 is 0 Å². The topological polar surface area (TPSA) is 153 Å². The number of esters is 1. The molecule has 0 saturated carbocycles. The molecule has 4 N–H and O–H groups in total. The Balaban J connectivity index is 1.69. The normalized spacial score (nSPS) is 19.9. The third-order valence-corrected chi connectivity index (χ3v) is 7.22. The van der Waals surface area contributed by atoms with Gasteiger partial charge in [0.2, 0.25) is 11.5 Å². The summed E-state index contributed by atoms with van der Waals surface area (Å²) in [5.74, 6) is -1.40. The molecule has 11 heteroatoms. The molecule has 0 amide bonds. The van der Waals surface area contributed by atoms with E-state index in [9.17, 15) is 25.2 Å². The molecular weight excluding hydrogens is 548 g/mol. The number of phenolic OH excluding ortho intramolecular Hbond substituents is 3. The van der Waals surface area contributed by atoms with Crippen molar-refractivity contribution in [2.24, 2.45) is 11.8 Å². The Morgan fingerprint density at radius 1 is 0.762 bits per heavy atom. The van der Waals surface area contributed by atoms with Gasteiger partial charge >= 0.3 is 5.97 Å². The van der Waals surface area contributed by atoms with E-state index in [1.165, 1.54) is 46.6 Å². The van der Waals surface area contributed by atoms with Gasteiger partial charge in [-0.2, -0.15) is 0 Å². The second-order valence-corrected chi connectivity index (χ2v) is 9.59. The predicted molar refractivity (Wildman–Crippen MR) is 151 cm³/mol. The molecule has 1 aliphatic rings. The van der Waals surface area contributed by atoms with Gasteiger partial charge in [-0.05, 0) is 59.2 Å². The van der Waals surface area contributed by atoms with E-state index < -0.39 is 30.0 Å². The number of hydrogen-bond acceptors (Lipinski definition) is 11. The van der Waals surface area contributed by atoms with E-state index in [-0.39, 0.29) is 53.5 Å². The second-order valence-electron chi connectivity index (χ2n) is 9.59. The predicted octanol–water partition coefficient (Wildman–Crippen LogP) is 4.13. The first-order valence-electron chi connectivity index (χ1n) is 13.0. The van der Waals surface area contributed by atoms with Gasteiger partial charge in [0.15, 0.2) is 23.0 Å². The van der Waals surface area contributed by atoms with Crippen LogP contribution in [0, 0.1) is 11.8 Å². The van der Waals surface area contributed by atoms with Crippen LogP contribution in [0.15, 0.2) is 54.6 Å². The van der Waals surface area contributed by atoms with E-state index in [1.54, 1.807) is 42.5 Å². The molecule has 11 nitrogen and oxygen atoms in total. The molecular formula is C31H34O11. The number of hydrogen-bond donors (Lipinski definition) is 4. The maximum Gasteiger partial charge on any atom is 0.330 e. The van der Waals surface area contributed by atoms with E-state index in [1.807, 2.05) is 0 Å². The number of rotatable bonds is 11. The fourth-order valence-electron chi connectivity index (χ4n) is 5.03. The number of aromatic hydroxyl groups is 3. The molecule has 3 aromatic carbocycles. The first-order valence-corrected chi connectivity index (χ1v) is 13.0. The molecule has 1 fully saturated rings. The zero-order chi connectivity index (χ0) is 30.4. The van der Waals surface area contributed by atoms with E-state index in [0.717, 1.165) is 0 Å². The molecule has 0 spiro atoms. The quantitative estimate of drug-likeness (QED) is 0.191. The van der Waals surface area contributed by atoms with Crippen LogP contribution < -0.4 is 18.9 Å². The van der Waals surface area contributed by atoms with Gasteiger partial charge < -0.3 is 48.8 Å². The van der Waals surface area contributed by atoms with Crippen molar-refractivity contribution >= 4 is 12.0 Å². The van der Waals surface area contributed by atoms with Gasteiger partial charge in [0.25, 0.3) is 0 Å². The van der Waals surface area contributed by atoms with Gasteiger partial charge in [-0.1, -0.05) is 12.1 Å². The number of benzene rings is 3. The lowest BCUT2D eigenvalue weighted by Gasteiger charge is -2.23. The summed E-state index contributed by atoms with van der Waals surface area (Å²) in [5.41, 5.74) is 1.81. The molecule has 1 heterocycles. The third-order valence-electron chi connectivity index (χ3n) is 7.22. The van der Waals surface area contributed by atoms with Gasteiger partial charge in [0, 0.05) is 24.5 Å². The van der Waals surface area contributed by atoms with Crippen LogP contribution in [0.2, 0.25) is 0 Å². The molecule has 0 bridgehead atoms. The SMILES string of the molecule is COc1cc(C2OC(c3cc(OC)c(O)c(OC)c3)C(COC(=O)C=Cc3ccc(O)cc3)C2CO)cc(OC)c1O. The van der Waals surface area contributed by atoms with Crippen molar-refractivity contribution in [1.82, 2.24) is 0 Å². The van der Waals surface area contributed by atoms with Gasteiger partial charge in [-0.15, -0.1) is 0 Å². The zero-order valence-corrected chi connectivity index (χ0v) is 23.6. The van der Waals surface area contributed by atoms with Crippen LogP contribution in [0.1, 0.15) is 28.9 Å². The lowest BCUT2D eigenvalue weighted by Crippen LogP contribution is -2.26. The lowest BCUT2D eigenvalue weighted by atomic mass is 9.83. The second kappa shape index (κ2) is 13.4. The zero-order valence-electron chi connectivity index (χ0n) is 23.6. The van der Waals surface area contributed by atoms with Crippen LogP contribution in [0.25, 0.3) is 6.08 Å². The molecule has 0 aliphatic carbocycles. The molecule has 1 saturated heterocycles. The van der Waals surface area contributed by atoms with Crippen molar-refractivity contribution in [2.75, 3.05) is 41.7 Å². The number of phenols is 3. The minimum absolute atomic E-state index is 0.109. The first kappa shape index (κ1) is 30.4. The van der Waals surface area contributed by atoms with E-state index in [0.29, 0.717) is 16.7 Å². The van der Waals surface area contributed by atoms with Crippen molar-refractivity contribution < 1.29 is 53.6 Å². The highest BCUT2D eigenvalue weighted by molar-refractivity contribution is 5.87. The molecule has 3 aromatic rings. The van der Waals surface area contributed by atoms with Crippen LogP contribution in [0.5, 0.6) is 40.2 Å². The third kappa shape index (κ3) is 6.32. The van der Waals surface area contributed by atoms with Crippen molar-refractivity contribution in [3.05, 3.63) is 71.3 Å². The average Bonchev–Trinajstić information content (AvgIpc) is 3.38. The van der Waals surface area contributed by atoms with Crippen LogP contribution in [-0.4, -0.2) is 68.0 Å². The standard InChI is InChI=1S/C31H34O11/c1-37-23-11-18(12-24(38-2)28(23)35)30-21(15-32)22(16-41-27(34)10-7-17-5-8-20(33)9-6-17)31(42-30)19-13-25(39-3)29(36)26(14-19)40-4/h5-14,21-22,30-33,35-36H,15-16H2,1-4H3. The fraction of sp³-hybridized carbons (Fsp3) is 0.323. The minimum Gasteiger partial charge on any atom is -0.508 e. The smallest absolute Gasteiger partial charge is 0.330 e. The summed E-state index contributed by atoms with van der Waals surface area (Å²) in [4.78, 5) is 12.7. The number of carbonyl (C=O) groups excluding carboxylic acids is 1. The summed E-state index contributed by atoms with van der Waals surface area (Å²) in [6.07, 6.45) is 1.35. The molecule has 1 aliphatic heterocycles. The van der Waals surface area contributed by atoms with Crippen LogP contribution >= 0.6 is 0 Å². The summed E-state index contributed by atoms with van der Waals surface area (Å²) in [7, 11) is 5.62. The maximum absolute atomic E-state index is 12.7. The molecule has 0 aromatic heterocycles. The maximum atomic E-state index is 12.7. The number of ether oxygens (including phenoxy) is 6. The Labute approximate surface area is 243 Å². The first-order chi connectivity index (χ1) is 20.2. The summed E-state index contributed by atoms with van der Waals surface area (Å²) in [5, 5.41) is 40.9. The van der Waals surface area contributed by atoms with Crippen LogP contribution in [0.3, 0.4) is 0 Å². The largest absolute Gasteiger partial charge is 0.508 e. The van der Waals surface area contributed by atoms with E-state index in [2.05, 4.69) is 0 Å². The minimum atomic E-state index is -0.741. The Kier molecular flexibility index (Phi) is 9.66. The highest BCUT2D eigenvalue weighted by Gasteiger charge is 2.47. The van der Waals surface area contributed by atoms with Gasteiger partial charge in [0.1, 0.15) is 5.75 Å². The summed E-state index contributed by atoms with van der Waals surface area (Å²) in [6, 6.07) is 12.7. The van der Waals surface area contributed by atoms with Gasteiger partial charge in [-0.25, -0.2) is 4.79 Å². The summed E-state index contributed by atoms with van der Waals surface area (Å²) >= 11 is 0. The molecule has 224 valence electrons.